The van der Waals surface area contributed by atoms with E-state index in [2.05, 4.69) is 10.3 Å². The van der Waals surface area contributed by atoms with E-state index in [1.807, 2.05) is 42.5 Å². The molecular weight excluding hydrogens is 268 g/mol. The molecule has 0 bridgehead atoms. The van der Waals surface area contributed by atoms with Crippen LogP contribution in [0.1, 0.15) is 11.3 Å². The standard InChI is InChI=1S/C16H18N2O3/c19-16(20)18-11-8-13-4-6-15(7-5-13)21-12-9-14-3-1-2-10-17-14/h1-7,10,18H,8-9,11-12H2,(H,19,20). The molecule has 5 heteroatoms. The van der Waals surface area contributed by atoms with E-state index in [1.165, 1.54) is 0 Å². The maximum atomic E-state index is 10.3. The lowest BCUT2D eigenvalue weighted by atomic mass is 10.1. The van der Waals surface area contributed by atoms with Crippen molar-refractivity contribution in [3.63, 3.8) is 0 Å². The molecule has 2 rings (SSSR count). The fraction of sp³-hybridized carbons (Fsp3) is 0.250. The number of aromatic nitrogens is 1. The van der Waals surface area contributed by atoms with E-state index < -0.39 is 6.09 Å². The number of carbonyl (C=O) groups is 1. The van der Waals surface area contributed by atoms with Crippen LogP contribution in [0.15, 0.2) is 48.7 Å². The van der Waals surface area contributed by atoms with Crippen molar-refractivity contribution in [2.24, 2.45) is 0 Å². The minimum atomic E-state index is -0.996. The molecule has 0 spiro atoms. The van der Waals surface area contributed by atoms with Gasteiger partial charge in [-0.25, -0.2) is 4.79 Å². The van der Waals surface area contributed by atoms with Gasteiger partial charge < -0.3 is 15.2 Å². The van der Waals surface area contributed by atoms with E-state index in [-0.39, 0.29) is 0 Å². The van der Waals surface area contributed by atoms with Crippen LogP contribution in [0.3, 0.4) is 0 Å². The number of nitrogens with zero attached hydrogens (tertiary/aromatic N) is 1. The second-order valence-corrected chi connectivity index (χ2v) is 4.55. The Bertz CT molecular complexity index is 555. The lowest BCUT2D eigenvalue weighted by Crippen LogP contribution is -2.23. The van der Waals surface area contributed by atoms with Gasteiger partial charge in [0.15, 0.2) is 0 Å². The normalized spacial score (nSPS) is 10.1. The maximum absolute atomic E-state index is 10.3. The predicted molar refractivity (Wildman–Crippen MR) is 79.6 cm³/mol. The number of benzene rings is 1. The van der Waals surface area contributed by atoms with E-state index in [4.69, 9.17) is 9.84 Å². The number of ether oxygens (including phenoxy) is 1. The van der Waals surface area contributed by atoms with Gasteiger partial charge in [0, 0.05) is 24.9 Å². The van der Waals surface area contributed by atoms with Gasteiger partial charge in [-0.05, 0) is 36.2 Å². The molecule has 110 valence electrons. The molecule has 21 heavy (non-hydrogen) atoms. The van der Waals surface area contributed by atoms with Gasteiger partial charge >= 0.3 is 6.09 Å². The summed E-state index contributed by atoms with van der Waals surface area (Å²) in [6.45, 7) is 0.992. The second-order valence-electron chi connectivity index (χ2n) is 4.55. The van der Waals surface area contributed by atoms with Gasteiger partial charge in [-0.1, -0.05) is 18.2 Å². The molecule has 1 aromatic carbocycles. The molecule has 0 saturated heterocycles. The van der Waals surface area contributed by atoms with E-state index in [0.717, 1.165) is 23.4 Å². The molecule has 0 aliphatic carbocycles. The molecule has 1 amide bonds. The molecular formula is C16H18N2O3. The van der Waals surface area contributed by atoms with Crippen LogP contribution in [0.4, 0.5) is 4.79 Å². The molecule has 0 aliphatic rings. The Hall–Kier alpha value is -2.56. The topological polar surface area (TPSA) is 71.5 Å². The highest BCUT2D eigenvalue weighted by atomic mass is 16.5. The fourth-order valence-electron chi connectivity index (χ4n) is 1.89. The Morgan fingerprint density at radius 2 is 1.95 bits per heavy atom. The quantitative estimate of drug-likeness (QED) is 0.820. The van der Waals surface area contributed by atoms with Crippen LogP contribution < -0.4 is 10.1 Å². The Labute approximate surface area is 123 Å². The van der Waals surface area contributed by atoms with Crippen molar-refractivity contribution >= 4 is 6.09 Å². The number of pyridine rings is 1. The summed E-state index contributed by atoms with van der Waals surface area (Å²) in [6, 6.07) is 13.5. The number of nitrogens with one attached hydrogen (secondary N) is 1. The zero-order valence-electron chi connectivity index (χ0n) is 11.7. The predicted octanol–water partition coefficient (Wildman–Crippen LogP) is 2.51. The molecule has 0 radical (unpaired) electrons. The van der Waals surface area contributed by atoms with E-state index in [0.29, 0.717) is 19.6 Å². The van der Waals surface area contributed by atoms with Crippen molar-refractivity contribution in [3.8, 4) is 5.75 Å². The molecule has 0 fully saturated rings. The van der Waals surface area contributed by atoms with Crippen LogP contribution in [0.5, 0.6) is 5.75 Å². The molecule has 5 nitrogen and oxygen atoms in total. The first-order valence-corrected chi connectivity index (χ1v) is 6.82. The molecule has 1 heterocycles. The van der Waals surface area contributed by atoms with Crippen LogP contribution in [-0.2, 0) is 12.8 Å². The van der Waals surface area contributed by atoms with Crippen molar-refractivity contribution in [2.75, 3.05) is 13.2 Å². The van der Waals surface area contributed by atoms with Crippen LogP contribution in [0.2, 0.25) is 0 Å². The molecule has 0 atom stereocenters. The van der Waals surface area contributed by atoms with Gasteiger partial charge in [0.1, 0.15) is 5.75 Å². The first kappa shape index (κ1) is 14.8. The van der Waals surface area contributed by atoms with Crippen LogP contribution in [0.25, 0.3) is 0 Å². The molecule has 0 saturated carbocycles. The highest BCUT2D eigenvalue weighted by Gasteiger charge is 1.99. The summed E-state index contributed by atoms with van der Waals surface area (Å²) in [7, 11) is 0. The highest BCUT2D eigenvalue weighted by molar-refractivity contribution is 5.64. The third-order valence-corrected chi connectivity index (χ3v) is 2.97. The summed E-state index contributed by atoms with van der Waals surface area (Å²) < 4.78 is 5.66. The van der Waals surface area contributed by atoms with Gasteiger partial charge in [0.2, 0.25) is 0 Å². The zero-order valence-corrected chi connectivity index (χ0v) is 11.7. The van der Waals surface area contributed by atoms with E-state index in [9.17, 15) is 4.79 Å². The van der Waals surface area contributed by atoms with Crippen molar-refractivity contribution in [2.45, 2.75) is 12.8 Å². The fourth-order valence-corrected chi connectivity index (χ4v) is 1.89. The van der Waals surface area contributed by atoms with Crippen LogP contribution in [0, 0.1) is 0 Å². The average Bonchev–Trinajstić information content (AvgIpc) is 2.50. The van der Waals surface area contributed by atoms with Gasteiger partial charge in [-0.2, -0.15) is 0 Å². The molecule has 2 N–H and O–H groups in total. The van der Waals surface area contributed by atoms with Crippen LogP contribution >= 0.6 is 0 Å². The summed E-state index contributed by atoms with van der Waals surface area (Å²) >= 11 is 0. The Balaban J connectivity index is 1.73. The lowest BCUT2D eigenvalue weighted by Gasteiger charge is -2.07. The smallest absolute Gasteiger partial charge is 0.404 e. The van der Waals surface area contributed by atoms with Gasteiger partial charge in [0.05, 0.1) is 6.61 Å². The molecule has 0 aliphatic heterocycles. The van der Waals surface area contributed by atoms with Crippen molar-refractivity contribution in [1.29, 1.82) is 0 Å². The first-order valence-electron chi connectivity index (χ1n) is 6.82. The summed E-state index contributed by atoms with van der Waals surface area (Å²) in [5, 5.41) is 10.8. The number of rotatable bonds is 7. The van der Waals surface area contributed by atoms with Crippen molar-refractivity contribution in [1.82, 2.24) is 10.3 Å². The van der Waals surface area contributed by atoms with Gasteiger partial charge in [-0.15, -0.1) is 0 Å². The summed E-state index contributed by atoms with van der Waals surface area (Å²) in [5.74, 6) is 0.806. The van der Waals surface area contributed by atoms with Crippen molar-refractivity contribution < 1.29 is 14.6 Å². The lowest BCUT2D eigenvalue weighted by molar-refractivity contribution is 0.194. The van der Waals surface area contributed by atoms with Crippen LogP contribution in [-0.4, -0.2) is 29.3 Å². The molecule has 2 aromatic rings. The van der Waals surface area contributed by atoms with E-state index in [1.54, 1.807) is 6.20 Å². The minimum Gasteiger partial charge on any atom is -0.493 e. The number of hydrogen-bond donors (Lipinski definition) is 2. The van der Waals surface area contributed by atoms with Gasteiger partial charge in [0.25, 0.3) is 0 Å². The Morgan fingerprint density at radius 1 is 1.14 bits per heavy atom. The highest BCUT2D eigenvalue weighted by Crippen LogP contribution is 2.12. The zero-order chi connectivity index (χ0) is 14.9. The number of hydrogen-bond acceptors (Lipinski definition) is 3. The molecule has 1 aromatic heterocycles. The minimum absolute atomic E-state index is 0.412. The Kier molecular flexibility index (Phi) is 5.58. The second kappa shape index (κ2) is 7.89. The monoisotopic (exact) mass is 286 g/mol. The third-order valence-electron chi connectivity index (χ3n) is 2.97. The summed E-state index contributed by atoms with van der Waals surface area (Å²) in [6.07, 6.45) is 2.21. The SMILES string of the molecule is O=C(O)NCCc1ccc(OCCc2ccccn2)cc1. The summed E-state index contributed by atoms with van der Waals surface area (Å²) in [5.41, 5.74) is 2.08. The first-order chi connectivity index (χ1) is 10.2. The average molecular weight is 286 g/mol. The third kappa shape index (κ3) is 5.52. The maximum Gasteiger partial charge on any atom is 0.404 e. The Morgan fingerprint density at radius 3 is 2.62 bits per heavy atom. The number of amides is 1. The van der Waals surface area contributed by atoms with Crippen molar-refractivity contribution in [3.05, 3.63) is 59.9 Å². The van der Waals surface area contributed by atoms with Gasteiger partial charge in [-0.3, -0.25) is 4.98 Å². The van der Waals surface area contributed by atoms with E-state index >= 15 is 0 Å². The number of carboxylic acid groups (broad SMARTS) is 1. The summed E-state index contributed by atoms with van der Waals surface area (Å²) in [4.78, 5) is 14.6. The molecule has 0 unspecified atom stereocenters. The largest absolute Gasteiger partial charge is 0.493 e.